The Hall–Kier alpha value is -0.850. The lowest BCUT2D eigenvalue weighted by Gasteiger charge is -2.22. The molecule has 0 bridgehead atoms. The molecule has 3 N–H and O–H groups in total. The third kappa shape index (κ3) is 3.34. The topological polar surface area (TPSA) is 74.0 Å². The first-order valence-corrected chi connectivity index (χ1v) is 7.94. The SMILES string of the molecule is CNCc1cc(S(=O)(=O)NC2CCCCC2)c[nH]1. The van der Waals surface area contributed by atoms with Gasteiger partial charge < -0.3 is 10.3 Å². The molecule has 102 valence electrons. The summed E-state index contributed by atoms with van der Waals surface area (Å²) in [7, 11) is -1.54. The number of aromatic amines is 1. The van der Waals surface area contributed by atoms with Crippen molar-refractivity contribution in [3.05, 3.63) is 18.0 Å². The van der Waals surface area contributed by atoms with Gasteiger partial charge in [-0.15, -0.1) is 0 Å². The highest BCUT2D eigenvalue weighted by molar-refractivity contribution is 7.89. The van der Waals surface area contributed by atoms with E-state index in [1.807, 2.05) is 7.05 Å². The van der Waals surface area contributed by atoms with Crippen molar-refractivity contribution in [2.45, 2.75) is 49.6 Å². The third-order valence-corrected chi connectivity index (χ3v) is 4.82. The first-order chi connectivity index (χ1) is 8.62. The second-order valence-electron chi connectivity index (χ2n) is 4.85. The van der Waals surface area contributed by atoms with Crippen molar-refractivity contribution in [2.75, 3.05) is 7.05 Å². The molecule has 0 aliphatic heterocycles. The summed E-state index contributed by atoms with van der Waals surface area (Å²) >= 11 is 0. The number of sulfonamides is 1. The molecule has 0 atom stereocenters. The van der Waals surface area contributed by atoms with E-state index in [0.717, 1.165) is 31.4 Å². The number of H-pyrrole nitrogens is 1. The van der Waals surface area contributed by atoms with Gasteiger partial charge in [-0.3, -0.25) is 0 Å². The van der Waals surface area contributed by atoms with Crippen molar-refractivity contribution in [1.82, 2.24) is 15.0 Å². The predicted molar refractivity (Wildman–Crippen MR) is 70.8 cm³/mol. The lowest BCUT2D eigenvalue weighted by Crippen LogP contribution is -2.35. The van der Waals surface area contributed by atoms with Gasteiger partial charge in [0.1, 0.15) is 0 Å². The van der Waals surface area contributed by atoms with Crippen LogP contribution in [-0.2, 0) is 16.6 Å². The second kappa shape index (κ2) is 5.86. The molecule has 0 radical (unpaired) electrons. The minimum Gasteiger partial charge on any atom is -0.363 e. The van der Waals surface area contributed by atoms with Gasteiger partial charge >= 0.3 is 0 Å². The molecule has 2 rings (SSSR count). The summed E-state index contributed by atoms with van der Waals surface area (Å²) < 4.78 is 27.1. The van der Waals surface area contributed by atoms with Crippen LogP contribution in [0.3, 0.4) is 0 Å². The molecule has 0 unspecified atom stereocenters. The van der Waals surface area contributed by atoms with Gasteiger partial charge in [0.25, 0.3) is 0 Å². The highest BCUT2D eigenvalue weighted by Gasteiger charge is 2.22. The van der Waals surface area contributed by atoms with Crippen LogP contribution in [0, 0.1) is 0 Å². The van der Waals surface area contributed by atoms with Crippen LogP contribution in [0.1, 0.15) is 37.8 Å². The van der Waals surface area contributed by atoms with Crippen LogP contribution in [0.15, 0.2) is 17.2 Å². The maximum absolute atomic E-state index is 12.2. The quantitative estimate of drug-likeness (QED) is 0.756. The zero-order valence-electron chi connectivity index (χ0n) is 10.7. The highest BCUT2D eigenvalue weighted by Crippen LogP contribution is 2.20. The highest BCUT2D eigenvalue weighted by atomic mass is 32.2. The Morgan fingerprint density at radius 2 is 2.06 bits per heavy atom. The summed E-state index contributed by atoms with van der Waals surface area (Å²) in [6, 6.07) is 1.79. The molecule has 0 amide bonds. The summed E-state index contributed by atoms with van der Waals surface area (Å²) in [4.78, 5) is 3.30. The minimum atomic E-state index is -3.37. The Kier molecular flexibility index (Phi) is 4.42. The summed E-state index contributed by atoms with van der Waals surface area (Å²) in [5, 5.41) is 2.98. The van der Waals surface area contributed by atoms with E-state index in [9.17, 15) is 8.42 Å². The molecule has 1 saturated carbocycles. The van der Waals surface area contributed by atoms with Crippen LogP contribution in [0.2, 0.25) is 0 Å². The molecule has 0 aromatic carbocycles. The van der Waals surface area contributed by atoms with E-state index in [1.165, 1.54) is 6.42 Å². The van der Waals surface area contributed by atoms with E-state index < -0.39 is 10.0 Å². The van der Waals surface area contributed by atoms with E-state index >= 15 is 0 Å². The summed E-state index contributed by atoms with van der Waals surface area (Å²) in [6.07, 6.45) is 6.91. The van der Waals surface area contributed by atoms with Crippen LogP contribution in [0.5, 0.6) is 0 Å². The summed E-state index contributed by atoms with van der Waals surface area (Å²) in [5.74, 6) is 0. The number of aromatic nitrogens is 1. The Bertz CT molecular complexity index is 475. The van der Waals surface area contributed by atoms with Gasteiger partial charge in [-0.25, -0.2) is 13.1 Å². The molecule has 1 aromatic heterocycles. The van der Waals surface area contributed by atoms with Crippen LogP contribution < -0.4 is 10.0 Å². The largest absolute Gasteiger partial charge is 0.363 e. The van der Waals surface area contributed by atoms with Gasteiger partial charge in [-0.1, -0.05) is 19.3 Å². The standard InChI is InChI=1S/C12H21N3O2S/c1-13-8-11-7-12(9-14-11)18(16,17)15-10-5-3-2-4-6-10/h7,9-10,13-15H,2-6,8H2,1H3. The van der Waals surface area contributed by atoms with E-state index in [-0.39, 0.29) is 6.04 Å². The van der Waals surface area contributed by atoms with Crippen molar-refractivity contribution in [2.24, 2.45) is 0 Å². The zero-order valence-corrected chi connectivity index (χ0v) is 11.5. The molecule has 0 spiro atoms. The van der Waals surface area contributed by atoms with Crippen molar-refractivity contribution in [3.63, 3.8) is 0 Å². The lowest BCUT2D eigenvalue weighted by molar-refractivity contribution is 0.412. The van der Waals surface area contributed by atoms with Crippen molar-refractivity contribution in [1.29, 1.82) is 0 Å². The number of hydrogen-bond acceptors (Lipinski definition) is 3. The van der Waals surface area contributed by atoms with Gasteiger partial charge in [-0.05, 0) is 26.0 Å². The van der Waals surface area contributed by atoms with E-state index in [1.54, 1.807) is 12.3 Å². The first-order valence-electron chi connectivity index (χ1n) is 6.46. The maximum Gasteiger partial charge on any atom is 0.242 e. The van der Waals surface area contributed by atoms with Crippen LogP contribution >= 0.6 is 0 Å². The molecule has 18 heavy (non-hydrogen) atoms. The van der Waals surface area contributed by atoms with Gasteiger partial charge in [0, 0.05) is 24.5 Å². The van der Waals surface area contributed by atoms with Crippen molar-refractivity contribution >= 4 is 10.0 Å². The molecule has 1 aliphatic carbocycles. The van der Waals surface area contributed by atoms with E-state index in [4.69, 9.17) is 0 Å². The van der Waals surface area contributed by atoms with Crippen LogP contribution in [-0.4, -0.2) is 26.5 Å². The molecule has 6 heteroatoms. The average Bonchev–Trinajstić information content (AvgIpc) is 2.80. The molecule has 0 saturated heterocycles. The lowest BCUT2D eigenvalue weighted by atomic mass is 9.96. The fourth-order valence-corrected chi connectivity index (χ4v) is 3.70. The van der Waals surface area contributed by atoms with Gasteiger partial charge in [0.05, 0.1) is 4.90 Å². The Morgan fingerprint density at radius 3 is 2.72 bits per heavy atom. The van der Waals surface area contributed by atoms with Crippen LogP contribution in [0.25, 0.3) is 0 Å². The Labute approximate surface area is 108 Å². The Balaban J connectivity index is 2.04. The fourth-order valence-electron chi connectivity index (χ4n) is 2.37. The molecular formula is C12H21N3O2S. The zero-order chi connectivity index (χ0) is 13.0. The van der Waals surface area contributed by atoms with Crippen molar-refractivity contribution < 1.29 is 8.42 Å². The van der Waals surface area contributed by atoms with Gasteiger partial charge in [0.15, 0.2) is 0 Å². The number of hydrogen-bond donors (Lipinski definition) is 3. The average molecular weight is 271 g/mol. The van der Waals surface area contributed by atoms with E-state index in [0.29, 0.717) is 11.4 Å². The van der Waals surface area contributed by atoms with Gasteiger partial charge in [0.2, 0.25) is 10.0 Å². The predicted octanol–water partition coefficient (Wildman–Crippen LogP) is 1.35. The normalized spacial score (nSPS) is 18.1. The smallest absolute Gasteiger partial charge is 0.242 e. The van der Waals surface area contributed by atoms with Crippen LogP contribution in [0.4, 0.5) is 0 Å². The second-order valence-corrected chi connectivity index (χ2v) is 6.56. The molecule has 1 aliphatic rings. The molecule has 1 heterocycles. The molecular weight excluding hydrogens is 250 g/mol. The molecule has 5 nitrogen and oxygen atoms in total. The molecule has 1 aromatic rings. The monoisotopic (exact) mass is 271 g/mol. The maximum atomic E-state index is 12.2. The summed E-state index contributed by atoms with van der Waals surface area (Å²) in [6.45, 7) is 0.638. The van der Waals surface area contributed by atoms with Gasteiger partial charge in [-0.2, -0.15) is 0 Å². The minimum absolute atomic E-state index is 0.103. The van der Waals surface area contributed by atoms with E-state index in [2.05, 4.69) is 15.0 Å². The molecule has 1 fully saturated rings. The number of rotatable bonds is 5. The first kappa shape index (κ1) is 13.6. The fraction of sp³-hybridized carbons (Fsp3) is 0.667. The van der Waals surface area contributed by atoms with Crippen molar-refractivity contribution in [3.8, 4) is 0 Å². The number of nitrogens with one attached hydrogen (secondary N) is 3. The third-order valence-electron chi connectivity index (χ3n) is 3.32. The Morgan fingerprint density at radius 1 is 1.33 bits per heavy atom. The summed E-state index contributed by atoms with van der Waals surface area (Å²) in [5.41, 5.74) is 0.876.